The van der Waals surface area contributed by atoms with Gasteiger partial charge in [-0.25, -0.2) is 4.79 Å². The number of nitrogens with one attached hydrogen (secondary N) is 2. The van der Waals surface area contributed by atoms with Crippen LogP contribution in [0.3, 0.4) is 0 Å². The van der Waals surface area contributed by atoms with E-state index >= 15 is 0 Å². The van der Waals surface area contributed by atoms with Crippen LogP contribution in [0.1, 0.15) is 35.8 Å². The van der Waals surface area contributed by atoms with Crippen molar-refractivity contribution in [2.75, 3.05) is 11.9 Å². The van der Waals surface area contributed by atoms with Crippen molar-refractivity contribution in [1.82, 2.24) is 5.32 Å². The maximum absolute atomic E-state index is 12.1. The molecule has 0 heterocycles. The Balaban J connectivity index is 1.91. The molecule has 0 fully saturated rings. The van der Waals surface area contributed by atoms with Crippen LogP contribution in [0.4, 0.5) is 5.69 Å². The van der Waals surface area contributed by atoms with Gasteiger partial charge in [0.2, 0.25) is 5.91 Å². The van der Waals surface area contributed by atoms with Crippen LogP contribution in [0.2, 0.25) is 10.0 Å². The summed E-state index contributed by atoms with van der Waals surface area (Å²) in [6.07, 6.45) is 0. The predicted molar refractivity (Wildman–Crippen MR) is 104 cm³/mol. The number of ether oxygens (including phenoxy) is 1. The van der Waals surface area contributed by atoms with Crippen molar-refractivity contribution in [3.8, 4) is 0 Å². The topological polar surface area (TPSA) is 84.5 Å². The lowest BCUT2D eigenvalue weighted by Gasteiger charge is -2.16. The van der Waals surface area contributed by atoms with Gasteiger partial charge >= 0.3 is 5.97 Å². The Kier molecular flexibility index (Phi) is 7.21. The van der Waals surface area contributed by atoms with Gasteiger partial charge in [-0.2, -0.15) is 0 Å². The minimum Gasteiger partial charge on any atom is -0.452 e. The molecule has 0 unspecified atom stereocenters. The van der Waals surface area contributed by atoms with E-state index < -0.39 is 18.5 Å². The summed E-state index contributed by atoms with van der Waals surface area (Å²) in [5.74, 6) is -1.40. The van der Waals surface area contributed by atoms with Crippen molar-refractivity contribution < 1.29 is 19.1 Å². The molecule has 2 aromatic carbocycles. The molecule has 0 radical (unpaired) electrons. The molecule has 2 N–H and O–H groups in total. The quantitative estimate of drug-likeness (QED) is 0.707. The Morgan fingerprint density at radius 1 is 1.11 bits per heavy atom. The molecule has 0 saturated heterocycles. The van der Waals surface area contributed by atoms with Crippen LogP contribution in [0.5, 0.6) is 0 Å². The first-order chi connectivity index (χ1) is 12.8. The third kappa shape index (κ3) is 6.27. The number of carbonyl (C=O) groups is 3. The first-order valence-electron chi connectivity index (χ1n) is 8.05. The van der Waals surface area contributed by atoms with Crippen molar-refractivity contribution in [3.05, 3.63) is 63.6 Å². The van der Waals surface area contributed by atoms with Gasteiger partial charge in [0.15, 0.2) is 6.61 Å². The molecule has 2 amide bonds. The second-order valence-electron chi connectivity index (χ2n) is 5.79. The van der Waals surface area contributed by atoms with Gasteiger partial charge in [-0.1, -0.05) is 35.3 Å². The lowest BCUT2D eigenvalue weighted by Crippen LogP contribution is -2.31. The summed E-state index contributed by atoms with van der Waals surface area (Å²) in [7, 11) is 0. The van der Waals surface area contributed by atoms with E-state index in [0.29, 0.717) is 21.3 Å². The van der Waals surface area contributed by atoms with Crippen molar-refractivity contribution >= 4 is 46.7 Å². The lowest BCUT2D eigenvalue weighted by molar-refractivity contribution is -0.124. The number of hydrogen-bond donors (Lipinski definition) is 2. The Bertz CT molecular complexity index is 871. The number of rotatable bonds is 6. The van der Waals surface area contributed by atoms with Gasteiger partial charge in [0, 0.05) is 22.7 Å². The molecule has 27 heavy (non-hydrogen) atoms. The van der Waals surface area contributed by atoms with E-state index in [-0.39, 0.29) is 17.5 Å². The molecule has 2 rings (SSSR count). The number of amides is 2. The van der Waals surface area contributed by atoms with Gasteiger partial charge < -0.3 is 15.4 Å². The van der Waals surface area contributed by atoms with Crippen LogP contribution in [0.15, 0.2) is 42.5 Å². The molecular formula is C19H18Cl2N2O4. The fraction of sp³-hybridized carbons (Fsp3) is 0.211. The normalized spacial score (nSPS) is 11.4. The molecule has 0 aromatic heterocycles. The molecule has 0 aliphatic heterocycles. The third-order valence-corrected chi connectivity index (χ3v) is 4.12. The van der Waals surface area contributed by atoms with E-state index in [9.17, 15) is 14.4 Å². The largest absolute Gasteiger partial charge is 0.452 e. The molecule has 0 bridgehead atoms. The SMILES string of the molecule is CC(=O)Nc1cccc(C(=O)OCC(=O)N[C@@H](C)c2ccc(Cl)cc2Cl)c1. The average Bonchev–Trinajstić information content (AvgIpc) is 2.59. The van der Waals surface area contributed by atoms with Crippen LogP contribution in [-0.2, 0) is 14.3 Å². The van der Waals surface area contributed by atoms with Gasteiger partial charge in [0.25, 0.3) is 5.91 Å². The highest BCUT2D eigenvalue weighted by atomic mass is 35.5. The van der Waals surface area contributed by atoms with Crippen LogP contribution in [0.25, 0.3) is 0 Å². The first-order valence-corrected chi connectivity index (χ1v) is 8.81. The fourth-order valence-electron chi connectivity index (χ4n) is 2.36. The van der Waals surface area contributed by atoms with Gasteiger partial charge in [-0.15, -0.1) is 0 Å². The third-order valence-electron chi connectivity index (χ3n) is 3.56. The number of esters is 1. The zero-order valence-corrected chi connectivity index (χ0v) is 16.2. The number of benzene rings is 2. The summed E-state index contributed by atoms with van der Waals surface area (Å²) < 4.78 is 5.02. The Hall–Kier alpha value is -2.57. The fourth-order valence-corrected chi connectivity index (χ4v) is 2.93. The maximum atomic E-state index is 12.1. The van der Waals surface area contributed by atoms with Crippen molar-refractivity contribution in [1.29, 1.82) is 0 Å². The Labute approximate surface area is 166 Å². The number of halogens is 2. The predicted octanol–water partition coefficient (Wildman–Crippen LogP) is 3.99. The summed E-state index contributed by atoms with van der Waals surface area (Å²) in [5.41, 5.74) is 1.39. The molecule has 0 aliphatic rings. The Morgan fingerprint density at radius 2 is 1.85 bits per heavy atom. The van der Waals surface area contributed by atoms with Crippen LogP contribution < -0.4 is 10.6 Å². The van der Waals surface area contributed by atoms with Crippen molar-refractivity contribution in [2.24, 2.45) is 0 Å². The van der Waals surface area contributed by atoms with E-state index in [1.165, 1.54) is 19.1 Å². The average molecular weight is 409 g/mol. The summed E-state index contributed by atoms with van der Waals surface area (Å²) >= 11 is 12.0. The molecule has 142 valence electrons. The van der Waals surface area contributed by atoms with E-state index in [1.54, 1.807) is 37.3 Å². The lowest BCUT2D eigenvalue weighted by atomic mass is 10.1. The first kappa shape index (κ1) is 20.7. The number of hydrogen-bond acceptors (Lipinski definition) is 4. The van der Waals surface area contributed by atoms with Crippen LogP contribution in [0, 0.1) is 0 Å². The molecule has 8 heteroatoms. The molecule has 1 atom stereocenters. The van der Waals surface area contributed by atoms with Gasteiger partial charge in [0.05, 0.1) is 11.6 Å². The summed E-state index contributed by atoms with van der Waals surface area (Å²) in [5, 5.41) is 6.20. The molecule has 6 nitrogen and oxygen atoms in total. The highest BCUT2D eigenvalue weighted by Gasteiger charge is 2.15. The molecule has 2 aromatic rings. The van der Waals surface area contributed by atoms with Gasteiger partial charge in [0.1, 0.15) is 0 Å². The zero-order valence-electron chi connectivity index (χ0n) is 14.7. The van der Waals surface area contributed by atoms with Crippen molar-refractivity contribution in [3.63, 3.8) is 0 Å². The summed E-state index contributed by atoms with van der Waals surface area (Å²) in [4.78, 5) is 35.2. The minimum atomic E-state index is -0.672. The molecular weight excluding hydrogens is 391 g/mol. The second kappa shape index (κ2) is 9.39. The summed E-state index contributed by atoms with van der Waals surface area (Å²) in [6, 6.07) is 10.8. The minimum absolute atomic E-state index is 0.225. The zero-order chi connectivity index (χ0) is 20.0. The Morgan fingerprint density at radius 3 is 2.52 bits per heavy atom. The highest BCUT2D eigenvalue weighted by molar-refractivity contribution is 6.35. The van der Waals surface area contributed by atoms with E-state index in [1.807, 2.05) is 0 Å². The number of carbonyl (C=O) groups excluding carboxylic acids is 3. The van der Waals surface area contributed by atoms with Crippen LogP contribution >= 0.6 is 23.2 Å². The van der Waals surface area contributed by atoms with E-state index in [4.69, 9.17) is 27.9 Å². The van der Waals surface area contributed by atoms with Crippen molar-refractivity contribution in [2.45, 2.75) is 19.9 Å². The summed E-state index contributed by atoms with van der Waals surface area (Å²) in [6.45, 7) is 2.67. The highest BCUT2D eigenvalue weighted by Crippen LogP contribution is 2.26. The molecule has 0 aliphatic carbocycles. The van der Waals surface area contributed by atoms with E-state index in [2.05, 4.69) is 10.6 Å². The second-order valence-corrected chi connectivity index (χ2v) is 6.64. The van der Waals surface area contributed by atoms with E-state index in [0.717, 1.165) is 0 Å². The molecule has 0 spiro atoms. The van der Waals surface area contributed by atoms with Crippen LogP contribution in [-0.4, -0.2) is 24.4 Å². The van der Waals surface area contributed by atoms with Gasteiger partial charge in [-0.05, 0) is 42.8 Å². The standard InChI is InChI=1S/C19H18Cl2N2O4/c1-11(16-7-6-14(20)9-17(16)21)22-18(25)10-27-19(26)13-4-3-5-15(8-13)23-12(2)24/h3-9,11H,10H2,1-2H3,(H,22,25)(H,23,24)/t11-/m0/s1. The van der Waals surface area contributed by atoms with Gasteiger partial charge in [-0.3, -0.25) is 9.59 Å². The smallest absolute Gasteiger partial charge is 0.338 e. The monoisotopic (exact) mass is 408 g/mol. The number of anilines is 1. The maximum Gasteiger partial charge on any atom is 0.338 e. The molecule has 0 saturated carbocycles.